The van der Waals surface area contributed by atoms with E-state index in [4.69, 9.17) is 0 Å². The average molecular weight is 404 g/mol. The van der Waals surface area contributed by atoms with Crippen molar-refractivity contribution >= 4 is 16.8 Å². The van der Waals surface area contributed by atoms with Gasteiger partial charge in [-0.25, -0.2) is 0 Å². The maximum Gasteiger partial charge on any atom is 0.0344 e. The van der Waals surface area contributed by atoms with Crippen LogP contribution >= 0.6 is 0 Å². The van der Waals surface area contributed by atoms with Gasteiger partial charge in [0.2, 0.25) is 0 Å². The van der Waals surface area contributed by atoms with Gasteiger partial charge in [0, 0.05) is 11.2 Å². The van der Waals surface area contributed by atoms with Crippen LogP contribution in [0.4, 0.5) is 5.69 Å². The van der Waals surface area contributed by atoms with Crippen LogP contribution in [-0.2, 0) is 0 Å². The Balaban J connectivity index is 1.96. The van der Waals surface area contributed by atoms with Crippen LogP contribution in [0.25, 0.3) is 11.1 Å². The smallest absolute Gasteiger partial charge is 0.0344 e. The lowest BCUT2D eigenvalue weighted by atomic mass is 9.86. The van der Waals surface area contributed by atoms with Gasteiger partial charge in [0.25, 0.3) is 0 Å². The zero-order valence-electron chi connectivity index (χ0n) is 18.5. The van der Waals surface area contributed by atoms with Crippen LogP contribution in [0.15, 0.2) is 115 Å². The highest BCUT2D eigenvalue weighted by Crippen LogP contribution is 2.37. The maximum absolute atomic E-state index is 3.56. The van der Waals surface area contributed by atoms with E-state index >= 15 is 0 Å². The second-order valence-corrected chi connectivity index (χ2v) is 8.80. The lowest BCUT2D eigenvalue weighted by Crippen LogP contribution is -2.25. The van der Waals surface area contributed by atoms with Crippen molar-refractivity contribution in [2.75, 3.05) is 5.32 Å². The molecule has 1 N–H and O–H groups in total. The van der Waals surface area contributed by atoms with Crippen molar-refractivity contribution in [1.29, 1.82) is 0 Å². The number of rotatable bonds is 5. The summed E-state index contributed by atoms with van der Waals surface area (Å²) in [5.41, 5.74) is 8.47. The second kappa shape index (κ2) is 9.06. The van der Waals surface area contributed by atoms with E-state index in [1.54, 1.807) is 0 Å². The Labute approximate surface area is 186 Å². The summed E-state index contributed by atoms with van der Waals surface area (Å²) in [5, 5.41) is 3.56. The summed E-state index contributed by atoms with van der Waals surface area (Å²) < 4.78 is 0. The lowest BCUT2D eigenvalue weighted by molar-refractivity contribution is 0.634. The van der Waals surface area contributed by atoms with Gasteiger partial charge < -0.3 is 5.32 Å². The Kier molecular flexibility index (Phi) is 6.04. The van der Waals surface area contributed by atoms with Gasteiger partial charge >= 0.3 is 0 Å². The topological polar surface area (TPSA) is 12.0 Å². The largest absolute Gasteiger partial charge is 0.380 e. The van der Waals surface area contributed by atoms with Gasteiger partial charge in [-0.2, -0.15) is 0 Å². The van der Waals surface area contributed by atoms with E-state index in [-0.39, 0.29) is 5.54 Å². The molecule has 0 radical (unpaired) electrons. The van der Waals surface area contributed by atoms with Gasteiger partial charge in [0.05, 0.1) is 0 Å². The first-order chi connectivity index (χ1) is 15.0. The second-order valence-electron chi connectivity index (χ2n) is 8.80. The third-order valence-corrected chi connectivity index (χ3v) is 5.13. The highest BCUT2D eigenvalue weighted by molar-refractivity contribution is 6.04. The van der Waals surface area contributed by atoms with Crippen LogP contribution in [-0.4, -0.2) is 5.54 Å². The molecule has 4 aromatic rings. The van der Waals surface area contributed by atoms with Crippen LogP contribution in [0.3, 0.4) is 0 Å². The van der Waals surface area contributed by atoms with Crippen molar-refractivity contribution < 1.29 is 0 Å². The predicted octanol–water partition coefficient (Wildman–Crippen LogP) is 7.90. The Morgan fingerprint density at radius 1 is 0.452 bits per heavy atom. The molecule has 4 aromatic carbocycles. The van der Waals surface area contributed by atoms with E-state index in [0.29, 0.717) is 0 Å². The highest BCUT2D eigenvalue weighted by Gasteiger charge is 2.16. The van der Waals surface area contributed by atoms with Crippen molar-refractivity contribution in [3.8, 4) is 0 Å². The number of benzene rings is 4. The van der Waals surface area contributed by atoms with E-state index in [1.807, 2.05) is 0 Å². The molecule has 0 aliphatic heterocycles. The van der Waals surface area contributed by atoms with E-state index < -0.39 is 0 Å². The molecule has 0 aliphatic rings. The molecular formula is C30H29N. The van der Waals surface area contributed by atoms with Gasteiger partial charge in [0.15, 0.2) is 0 Å². The molecule has 0 fully saturated rings. The van der Waals surface area contributed by atoms with Crippen molar-refractivity contribution in [3.63, 3.8) is 0 Å². The van der Waals surface area contributed by atoms with Gasteiger partial charge in [-0.05, 0) is 66.3 Å². The summed E-state index contributed by atoms with van der Waals surface area (Å²) in [4.78, 5) is 0. The van der Waals surface area contributed by atoms with E-state index in [9.17, 15) is 0 Å². The van der Waals surface area contributed by atoms with E-state index in [2.05, 4.69) is 141 Å². The van der Waals surface area contributed by atoms with Crippen molar-refractivity contribution in [3.05, 3.63) is 138 Å². The van der Waals surface area contributed by atoms with Gasteiger partial charge in [-0.15, -0.1) is 0 Å². The van der Waals surface area contributed by atoms with Crippen LogP contribution in [0, 0.1) is 0 Å². The standard InChI is InChI=1S/C30H29N/c1-30(2,3)31-27-21-19-26(20-22-27)29(25-17-11-6-12-18-25)28(23-13-7-4-8-14-23)24-15-9-5-10-16-24/h4-22,31H,1-3H3. The predicted molar refractivity (Wildman–Crippen MR) is 134 cm³/mol. The summed E-state index contributed by atoms with van der Waals surface area (Å²) in [6, 6.07) is 40.8. The molecule has 0 spiro atoms. The minimum Gasteiger partial charge on any atom is -0.380 e. The molecule has 4 rings (SSSR count). The monoisotopic (exact) mass is 403 g/mol. The van der Waals surface area contributed by atoms with Gasteiger partial charge in [-0.3, -0.25) is 0 Å². The van der Waals surface area contributed by atoms with Crippen LogP contribution in [0.5, 0.6) is 0 Å². The molecule has 0 saturated carbocycles. The molecule has 0 amide bonds. The lowest BCUT2D eigenvalue weighted by Gasteiger charge is -2.23. The summed E-state index contributed by atoms with van der Waals surface area (Å²) in [7, 11) is 0. The average Bonchev–Trinajstić information content (AvgIpc) is 2.79. The maximum atomic E-state index is 3.56. The van der Waals surface area contributed by atoms with Crippen LogP contribution in [0.2, 0.25) is 0 Å². The minimum absolute atomic E-state index is 0.0266. The highest BCUT2D eigenvalue weighted by atomic mass is 14.9. The zero-order chi connectivity index (χ0) is 21.7. The fourth-order valence-electron chi connectivity index (χ4n) is 3.88. The first-order valence-electron chi connectivity index (χ1n) is 10.8. The van der Waals surface area contributed by atoms with E-state index in [0.717, 1.165) is 5.69 Å². The SMILES string of the molecule is CC(C)(C)Nc1ccc(C(=C(c2ccccc2)c2ccccc2)c2ccccc2)cc1. The summed E-state index contributed by atoms with van der Waals surface area (Å²) in [5.74, 6) is 0. The normalized spacial score (nSPS) is 11.1. The molecule has 154 valence electrons. The summed E-state index contributed by atoms with van der Waals surface area (Å²) >= 11 is 0. The van der Waals surface area contributed by atoms with Crippen molar-refractivity contribution in [1.82, 2.24) is 0 Å². The van der Waals surface area contributed by atoms with Crippen LogP contribution in [0.1, 0.15) is 43.0 Å². The first kappa shape index (κ1) is 20.7. The molecule has 0 aromatic heterocycles. The Bertz CT molecular complexity index is 1090. The Hall–Kier alpha value is -3.58. The van der Waals surface area contributed by atoms with Crippen LogP contribution < -0.4 is 5.32 Å². The third-order valence-electron chi connectivity index (χ3n) is 5.13. The summed E-state index contributed by atoms with van der Waals surface area (Å²) in [6.07, 6.45) is 0. The fourth-order valence-corrected chi connectivity index (χ4v) is 3.88. The quantitative estimate of drug-likeness (QED) is 0.334. The number of hydrogen-bond donors (Lipinski definition) is 1. The molecule has 0 bridgehead atoms. The zero-order valence-corrected chi connectivity index (χ0v) is 18.5. The molecule has 0 aliphatic carbocycles. The molecule has 0 unspecified atom stereocenters. The number of hydrogen-bond acceptors (Lipinski definition) is 1. The molecule has 0 heterocycles. The van der Waals surface area contributed by atoms with Gasteiger partial charge in [0.1, 0.15) is 0 Å². The summed E-state index contributed by atoms with van der Waals surface area (Å²) in [6.45, 7) is 6.54. The Morgan fingerprint density at radius 2 is 0.774 bits per heavy atom. The first-order valence-corrected chi connectivity index (χ1v) is 10.8. The van der Waals surface area contributed by atoms with E-state index in [1.165, 1.54) is 33.4 Å². The molecule has 0 atom stereocenters. The number of nitrogens with one attached hydrogen (secondary N) is 1. The minimum atomic E-state index is 0.0266. The number of anilines is 1. The Morgan fingerprint density at radius 3 is 1.10 bits per heavy atom. The molecule has 1 heteroatoms. The van der Waals surface area contributed by atoms with Crippen molar-refractivity contribution in [2.24, 2.45) is 0 Å². The molecule has 1 nitrogen and oxygen atoms in total. The van der Waals surface area contributed by atoms with Gasteiger partial charge in [-0.1, -0.05) is 103 Å². The fraction of sp³-hybridized carbons (Fsp3) is 0.133. The van der Waals surface area contributed by atoms with Crippen molar-refractivity contribution in [2.45, 2.75) is 26.3 Å². The molecule has 0 saturated heterocycles. The third kappa shape index (κ3) is 5.13. The molecular weight excluding hydrogens is 374 g/mol. The molecule has 31 heavy (non-hydrogen) atoms.